The number of piperazine rings is 1. The number of ether oxygens (including phenoxy) is 1. The van der Waals surface area contributed by atoms with Crippen LogP contribution in [-0.2, 0) is 9.59 Å². The van der Waals surface area contributed by atoms with E-state index in [1.54, 1.807) is 24.3 Å². The molecule has 1 aliphatic heterocycles. The van der Waals surface area contributed by atoms with E-state index < -0.39 is 12.0 Å². The number of carbonyl (C=O) groups is 2. The molecule has 1 unspecified atom stereocenters. The second-order valence-electron chi connectivity index (χ2n) is 4.18. The summed E-state index contributed by atoms with van der Waals surface area (Å²) in [4.78, 5) is 24.4. The van der Waals surface area contributed by atoms with Crippen LogP contribution in [0.4, 0.5) is 5.69 Å². The lowest BCUT2D eigenvalue weighted by Crippen LogP contribution is -2.58. The summed E-state index contributed by atoms with van der Waals surface area (Å²) in [6.45, 7) is 2.84. The summed E-state index contributed by atoms with van der Waals surface area (Å²) in [6.07, 6.45) is 0. The summed E-state index contributed by atoms with van der Waals surface area (Å²) in [6, 6.07) is 5.98. The Morgan fingerprint density at radius 3 is 2.74 bits per heavy atom. The SMILES string of the molecule is CCOc1ccc(N2C(=O)CNCC2C(=O)O)cc1. The van der Waals surface area contributed by atoms with E-state index in [4.69, 9.17) is 9.84 Å². The summed E-state index contributed by atoms with van der Waals surface area (Å²) in [5.74, 6) is -0.571. The highest BCUT2D eigenvalue weighted by atomic mass is 16.5. The molecule has 2 rings (SSSR count). The van der Waals surface area contributed by atoms with Crippen molar-refractivity contribution in [3.63, 3.8) is 0 Å². The third-order valence-corrected chi connectivity index (χ3v) is 2.91. The first-order chi connectivity index (χ1) is 9.13. The van der Waals surface area contributed by atoms with Crippen LogP contribution in [0.25, 0.3) is 0 Å². The molecule has 6 heteroatoms. The van der Waals surface area contributed by atoms with Gasteiger partial charge < -0.3 is 15.2 Å². The Labute approximate surface area is 111 Å². The van der Waals surface area contributed by atoms with Crippen molar-refractivity contribution in [3.05, 3.63) is 24.3 Å². The van der Waals surface area contributed by atoms with Gasteiger partial charge in [-0.3, -0.25) is 9.69 Å². The number of carbonyl (C=O) groups excluding carboxylic acids is 1. The molecule has 0 aliphatic carbocycles. The van der Waals surface area contributed by atoms with Gasteiger partial charge in [0, 0.05) is 12.2 Å². The van der Waals surface area contributed by atoms with Crippen molar-refractivity contribution in [1.82, 2.24) is 5.32 Å². The summed E-state index contributed by atoms with van der Waals surface area (Å²) < 4.78 is 5.32. The number of nitrogens with zero attached hydrogens (tertiary/aromatic N) is 1. The van der Waals surface area contributed by atoms with Crippen LogP contribution in [0.15, 0.2) is 24.3 Å². The van der Waals surface area contributed by atoms with E-state index in [1.807, 2.05) is 6.92 Å². The van der Waals surface area contributed by atoms with Crippen LogP contribution in [0, 0.1) is 0 Å². The van der Waals surface area contributed by atoms with Crippen molar-refractivity contribution in [3.8, 4) is 5.75 Å². The maximum atomic E-state index is 11.9. The van der Waals surface area contributed by atoms with Gasteiger partial charge in [0.05, 0.1) is 13.2 Å². The van der Waals surface area contributed by atoms with Gasteiger partial charge in [0.2, 0.25) is 5.91 Å². The fraction of sp³-hybridized carbons (Fsp3) is 0.385. The number of aliphatic carboxylic acids is 1. The lowest BCUT2D eigenvalue weighted by atomic mass is 10.1. The second kappa shape index (κ2) is 5.71. The first-order valence-electron chi connectivity index (χ1n) is 6.12. The van der Waals surface area contributed by atoms with Crippen LogP contribution in [0.5, 0.6) is 5.75 Å². The molecular formula is C13H16N2O4. The third-order valence-electron chi connectivity index (χ3n) is 2.91. The minimum atomic E-state index is -1.02. The normalized spacial score (nSPS) is 19.3. The Kier molecular flexibility index (Phi) is 4.01. The molecule has 1 amide bonds. The van der Waals surface area contributed by atoms with Gasteiger partial charge in [0.1, 0.15) is 11.8 Å². The average molecular weight is 264 g/mol. The summed E-state index contributed by atoms with van der Waals surface area (Å²) in [5.41, 5.74) is 0.572. The highest BCUT2D eigenvalue weighted by Crippen LogP contribution is 2.22. The Balaban J connectivity index is 2.25. The topological polar surface area (TPSA) is 78.9 Å². The molecule has 19 heavy (non-hydrogen) atoms. The minimum absolute atomic E-state index is 0.150. The smallest absolute Gasteiger partial charge is 0.328 e. The maximum Gasteiger partial charge on any atom is 0.328 e. The number of rotatable bonds is 4. The van der Waals surface area contributed by atoms with E-state index in [2.05, 4.69) is 5.32 Å². The van der Waals surface area contributed by atoms with Gasteiger partial charge in [-0.2, -0.15) is 0 Å². The van der Waals surface area contributed by atoms with E-state index in [1.165, 1.54) is 4.90 Å². The number of nitrogens with one attached hydrogen (secondary N) is 1. The molecule has 1 aromatic carbocycles. The van der Waals surface area contributed by atoms with Gasteiger partial charge in [-0.25, -0.2) is 4.79 Å². The van der Waals surface area contributed by atoms with Crippen LogP contribution in [-0.4, -0.2) is 42.7 Å². The highest BCUT2D eigenvalue weighted by molar-refractivity contribution is 6.01. The van der Waals surface area contributed by atoms with Crippen molar-refractivity contribution in [2.45, 2.75) is 13.0 Å². The number of amides is 1. The van der Waals surface area contributed by atoms with Crippen LogP contribution in [0.1, 0.15) is 6.92 Å². The molecule has 1 aromatic rings. The number of carboxylic acid groups (broad SMARTS) is 1. The molecule has 1 heterocycles. The van der Waals surface area contributed by atoms with Gasteiger partial charge >= 0.3 is 5.97 Å². The monoisotopic (exact) mass is 264 g/mol. The lowest BCUT2D eigenvalue weighted by Gasteiger charge is -2.33. The Morgan fingerprint density at radius 1 is 1.47 bits per heavy atom. The minimum Gasteiger partial charge on any atom is -0.494 e. The van der Waals surface area contributed by atoms with Crippen LogP contribution >= 0.6 is 0 Å². The Hall–Kier alpha value is -2.08. The van der Waals surface area contributed by atoms with Crippen LogP contribution in [0.2, 0.25) is 0 Å². The zero-order valence-electron chi connectivity index (χ0n) is 10.6. The zero-order valence-corrected chi connectivity index (χ0v) is 10.6. The molecule has 0 bridgehead atoms. The van der Waals surface area contributed by atoms with Gasteiger partial charge in [-0.1, -0.05) is 0 Å². The van der Waals surface area contributed by atoms with E-state index in [9.17, 15) is 9.59 Å². The van der Waals surface area contributed by atoms with Crippen LogP contribution < -0.4 is 15.0 Å². The van der Waals surface area contributed by atoms with E-state index >= 15 is 0 Å². The van der Waals surface area contributed by atoms with E-state index in [0.717, 1.165) is 0 Å². The van der Waals surface area contributed by atoms with Crippen molar-refractivity contribution in [1.29, 1.82) is 0 Å². The van der Waals surface area contributed by atoms with Crippen LogP contribution in [0.3, 0.4) is 0 Å². The molecule has 0 radical (unpaired) electrons. The molecule has 1 fully saturated rings. The summed E-state index contributed by atoms with van der Waals surface area (Å²) in [5, 5.41) is 12.0. The molecule has 1 saturated heterocycles. The molecule has 0 saturated carbocycles. The van der Waals surface area contributed by atoms with E-state index in [0.29, 0.717) is 18.0 Å². The summed E-state index contributed by atoms with van der Waals surface area (Å²) >= 11 is 0. The number of carboxylic acids is 1. The molecule has 6 nitrogen and oxygen atoms in total. The largest absolute Gasteiger partial charge is 0.494 e. The molecular weight excluding hydrogens is 248 g/mol. The quantitative estimate of drug-likeness (QED) is 0.826. The standard InChI is InChI=1S/C13H16N2O4/c1-2-19-10-5-3-9(4-6-10)15-11(13(17)18)7-14-8-12(15)16/h3-6,11,14H,2,7-8H2,1H3,(H,17,18). The predicted octanol–water partition coefficient (Wildman–Crippen LogP) is 0.475. The Bertz CT molecular complexity index is 472. The predicted molar refractivity (Wildman–Crippen MR) is 69.4 cm³/mol. The van der Waals surface area contributed by atoms with Gasteiger partial charge in [0.25, 0.3) is 0 Å². The third kappa shape index (κ3) is 2.85. The number of benzene rings is 1. The number of anilines is 1. The number of hydrogen-bond donors (Lipinski definition) is 2. The molecule has 1 aliphatic rings. The van der Waals surface area contributed by atoms with Crippen molar-refractivity contribution >= 4 is 17.6 Å². The molecule has 1 atom stereocenters. The zero-order chi connectivity index (χ0) is 13.8. The van der Waals surface area contributed by atoms with Gasteiger partial charge in [0.15, 0.2) is 0 Å². The molecule has 2 N–H and O–H groups in total. The lowest BCUT2D eigenvalue weighted by molar-refractivity contribution is -0.140. The Morgan fingerprint density at radius 2 is 2.16 bits per heavy atom. The average Bonchev–Trinajstić information content (AvgIpc) is 2.40. The molecule has 0 aromatic heterocycles. The first kappa shape index (κ1) is 13.4. The fourth-order valence-corrected chi connectivity index (χ4v) is 2.06. The first-order valence-corrected chi connectivity index (χ1v) is 6.12. The highest BCUT2D eigenvalue weighted by Gasteiger charge is 2.34. The maximum absolute atomic E-state index is 11.9. The number of hydrogen-bond acceptors (Lipinski definition) is 4. The van der Waals surface area contributed by atoms with Crippen molar-refractivity contribution in [2.75, 3.05) is 24.6 Å². The fourth-order valence-electron chi connectivity index (χ4n) is 2.06. The molecule has 0 spiro atoms. The van der Waals surface area contributed by atoms with Crippen molar-refractivity contribution in [2.24, 2.45) is 0 Å². The van der Waals surface area contributed by atoms with Gasteiger partial charge in [-0.05, 0) is 31.2 Å². The van der Waals surface area contributed by atoms with Gasteiger partial charge in [-0.15, -0.1) is 0 Å². The molecule has 102 valence electrons. The van der Waals surface area contributed by atoms with E-state index in [-0.39, 0.29) is 19.0 Å². The van der Waals surface area contributed by atoms with Crippen molar-refractivity contribution < 1.29 is 19.4 Å². The summed E-state index contributed by atoms with van der Waals surface area (Å²) in [7, 11) is 0. The second-order valence-corrected chi connectivity index (χ2v) is 4.18.